The SMILES string of the molecule is Cc1[nH]c(C(=O)NC(/C=C/O)c2cccc(Cl)c2)c(C)c1-c1cc(Cl)ncc1CO. The smallest absolute Gasteiger partial charge is 0.268 e. The Bertz CT molecular complexity index is 1110. The number of H-pyrrole nitrogens is 1. The molecule has 156 valence electrons. The van der Waals surface area contributed by atoms with E-state index in [0.29, 0.717) is 32.6 Å². The number of hydrogen-bond acceptors (Lipinski definition) is 4. The summed E-state index contributed by atoms with van der Waals surface area (Å²) < 4.78 is 0. The zero-order chi connectivity index (χ0) is 21.8. The summed E-state index contributed by atoms with van der Waals surface area (Å²) >= 11 is 12.1. The Morgan fingerprint density at radius 1 is 1.30 bits per heavy atom. The number of amides is 1. The number of carbonyl (C=O) groups is 1. The van der Waals surface area contributed by atoms with Crippen LogP contribution in [-0.2, 0) is 6.61 Å². The summed E-state index contributed by atoms with van der Waals surface area (Å²) in [5.74, 6) is -0.351. The van der Waals surface area contributed by atoms with Crippen LogP contribution in [0.4, 0.5) is 0 Å². The molecule has 0 saturated heterocycles. The molecule has 3 rings (SSSR count). The molecular weight excluding hydrogens is 425 g/mol. The fourth-order valence-corrected chi connectivity index (χ4v) is 3.80. The molecule has 0 aliphatic carbocycles. The van der Waals surface area contributed by atoms with Gasteiger partial charge in [0, 0.05) is 28.0 Å². The number of rotatable bonds is 6. The highest BCUT2D eigenvalue weighted by atomic mass is 35.5. The van der Waals surface area contributed by atoms with E-state index in [0.717, 1.165) is 23.1 Å². The van der Waals surface area contributed by atoms with E-state index in [1.54, 1.807) is 24.3 Å². The lowest BCUT2D eigenvalue weighted by Crippen LogP contribution is -2.28. The lowest BCUT2D eigenvalue weighted by atomic mass is 9.98. The van der Waals surface area contributed by atoms with Crippen LogP contribution in [-0.4, -0.2) is 26.1 Å². The van der Waals surface area contributed by atoms with Crippen molar-refractivity contribution in [3.8, 4) is 11.1 Å². The van der Waals surface area contributed by atoms with Gasteiger partial charge in [-0.15, -0.1) is 0 Å². The molecule has 3 aromatic rings. The molecule has 0 aliphatic rings. The fourth-order valence-electron chi connectivity index (χ4n) is 3.44. The minimum Gasteiger partial charge on any atom is -0.516 e. The number of nitrogens with zero attached hydrogens (tertiary/aromatic N) is 1. The highest BCUT2D eigenvalue weighted by molar-refractivity contribution is 6.30. The minimum atomic E-state index is -0.573. The number of aliphatic hydroxyl groups excluding tert-OH is 2. The Hall–Kier alpha value is -2.80. The molecule has 0 bridgehead atoms. The molecule has 2 heterocycles. The predicted octanol–water partition coefficient (Wildman–Crippen LogP) is 5.04. The Balaban J connectivity index is 1.98. The molecule has 1 atom stereocenters. The van der Waals surface area contributed by atoms with E-state index in [1.807, 2.05) is 19.9 Å². The maximum atomic E-state index is 13.0. The number of aromatic amines is 1. The van der Waals surface area contributed by atoms with Crippen LogP contribution in [0.15, 0.2) is 48.9 Å². The zero-order valence-corrected chi connectivity index (χ0v) is 17.9. The largest absolute Gasteiger partial charge is 0.516 e. The first kappa shape index (κ1) is 21.9. The number of aryl methyl sites for hydroxylation is 1. The van der Waals surface area contributed by atoms with Crippen molar-refractivity contribution < 1.29 is 15.0 Å². The molecule has 6 nitrogen and oxygen atoms in total. The average Bonchev–Trinajstić information content (AvgIpc) is 3.01. The number of pyridine rings is 1. The molecule has 0 fully saturated rings. The quantitative estimate of drug-likeness (QED) is 0.315. The molecule has 0 aliphatic heterocycles. The Kier molecular flexibility index (Phi) is 6.82. The van der Waals surface area contributed by atoms with Gasteiger partial charge in [-0.05, 0) is 54.8 Å². The lowest BCUT2D eigenvalue weighted by Gasteiger charge is -2.15. The molecular formula is C22H21Cl2N3O3. The van der Waals surface area contributed by atoms with Crippen molar-refractivity contribution in [3.63, 3.8) is 0 Å². The summed E-state index contributed by atoms with van der Waals surface area (Å²) in [6.07, 6.45) is 3.86. The third-order valence-corrected chi connectivity index (χ3v) is 5.27. The van der Waals surface area contributed by atoms with Gasteiger partial charge < -0.3 is 20.5 Å². The topological polar surface area (TPSA) is 98.2 Å². The number of aliphatic hydroxyl groups is 2. The number of halogens is 2. The van der Waals surface area contributed by atoms with Gasteiger partial charge in [-0.3, -0.25) is 4.79 Å². The summed E-state index contributed by atoms with van der Waals surface area (Å²) in [5, 5.41) is 22.7. The molecule has 0 radical (unpaired) electrons. The molecule has 4 N–H and O–H groups in total. The molecule has 1 amide bonds. The van der Waals surface area contributed by atoms with E-state index in [9.17, 15) is 15.0 Å². The third kappa shape index (κ3) is 4.51. The van der Waals surface area contributed by atoms with E-state index in [-0.39, 0.29) is 12.5 Å². The normalized spacial score (nSPS) is 12.3. The van der Waals surface area contributed by atoms with Gasteiger partial charge in [-0.25, -0.2) is 4.98 Å². The summed E-state index contributed by atoms with van der Waals surface area (Å²) in [7, 11) is 0. The number of nitrogens with one attached hydrogen (secondary N) is 2. The van der Waals surface area contributed by atoms with Crippen LogP contribution in [0, 0.1) is 13.8 Å². The van der Waals surface area contributed by atoms with Gasteiger partial charge in [0.15, 0.2) is 0 Å². The van der Waals surface area contributed by atoms with Crippen LogP contribution < -0.4 is 5.32 Å². The molecule has 1 aromatic carbocycles. The van der Waals surface area contributed by atoms with Crippen LogP contribution in [0.1, 0.15) is 38.9 Å². The van der Waals surface area contributed by atoms with Crippen molar-refractivity contribution in [2.75, 3.05) is 0 Å². The van der Waals surface area contributed by atoms with E-state index < -0.39 is 6.04 Å². The summed E-state index contributed by atoms with van der Waals surface area (Å²) in [5.41, 5.74) is 4.67. The summed E-state index contributed by atoms with van der Waals surface area (Å²) in [6, 6.07) is 8.13. The maximum Gasteiger partial charge on any atom is 0.268 e. The number of hydrogen-bond donors (Lipinski definition) is 4. The van der Waals surface area contributed by atoms with Crippen LogP contribution in [0.25, 0.3) is 11.1 Å². The van der Waals surface area contributed by atoms with Crippen molar-refractivity contribution in [3.05, 3.63) is 87.1 Å². The Morgan fingerprint density at radius 3 is 2.73 bits per heavy atom. The highest BCUT2D eigenvalue weighted by Crippen LogP contribution is 2.33. The second kappa shape index (κ2) is 9.34. The van der Waals surface area contributed by atoms with Gasteiger partial charge in [0.05, 0.1) is 18.9 Å². The lowest BCUT2D eigenvalue weighted by molar-refractivity contribution is 0.0939. The minimum absolute atomic E-state index is 0.205. The van der Waals surface area contributed by atoms with Crippen molar-refractivity contribution in [2.24, 2.45) is 0 Å². The van der Waals surface area contributed by atoms with Crippen LogP contribution >= 0.6 is 23.2 Å². The van der Waals surface area contributed by atoms with E-state index in [4.69, 9.17) is 23.2 Å². The Labute approximate surface area is 184 Å². The Morgan fingerprint density at radius 2 is 2.07 bits per heavy atom. The predicted molar refractivity (Wildman–Crippen MR) is 118 cm³/mol. The molecule has 8 heteroatoms. The molecule has 30 heavy (non-hydrogen) atoms. The fraction of sp³-hybridized carbons (Fsp3) is 0.182. The van der Waals surface area contributed by atoms with E-state index in [2.05, 4.69) is 15.3 Å². The zero-order valence-electron chi connectivity index (χ0n) is 16.4. The number of benzene rings is 1. The monoisotopic (exact) mass is 445 g/mol. The van der Waals surface area contributed by atoms with E-state index in [1.165, 1.54) is 12.3 Å². The van der Waals surface area contributed by atoms with Gasteiger partial charge in [-0.2, -0.15) is 0 Å². The second-order valence-corrected chi connectivity index (χ2v) is 7.62. The van der Waals surface area contributed by atoms with Crippen molar-refractivity contribution in [1.82, 2.24) is 15.3 Å². The van der Waals surface area contributed by atoms with Gasteiger partial charge in [0.1, 0.15) is 10.8 Å². The van der Waals surface area contributed by atoms with Crippen molar-refractivity contribution in [2.45, 2.75) is 26.5 Å². The molecule has 0 saturated carbocycles. The molecule has 1 unspecified atom stereocenters. The van der Waals surface area contributed by atoms with Gasteiger partial charge in [0.2, 0.25) is 0 Å². The number of carbonyl (C=O) groups excluding carboxylic acids is 1. The average molecular weight is 446 g/mol. The standard InChI is InChI=1S/C22H21Cl2N3O3/c1-12-20(17-9-19(24)25-10-15(17)11-29)13(2)26-21(12)22(30)27-18(6-7-28)14-4-3-5-16(23)8-14/h3-10,18,26,28-29H,11H2,1-2H3,(H,27,30)/b7-6+. The van der Waals surface area contributed by atoms with E-state index >= 15 is 0 Å². The first-order valence-corrected chi connectivity index (χ1v) is 9.93. The first-order chi connectivity index (χ1) is 14.3. The third-order valence-electron chi connectivity index (χ3n) is 4.83. The summed E-state index contributed by atoms with van der Waals surface area (Å²) in [6.45, 7) is 3.46. The number of aromatic nitrogens is 2. The van der Waals surface area contributed by atoms with Gasteiger partial charge in [0.25, 0.3) is 5.91 Å². The first-order valence-electron chi connectivity index (χ1n) is 9.17. The van der Waals surface area contributed by atoms with Crippen molar-refractivity contribution in [1.29, 1.82) is 0 Å². The maximum absolute atomic E-state index is 13.0. The van der Waals surface area contributed by atoms with Crippen LogP contribution in [0.3, 0.4) is 0 Å². The summed E-state index contributed by atoms with van der Waals surface area (Å²) in [4.78, 5) is 20.2. The van der Waals surface area contributed by atoms with Crippen LogP contribution in [0.2, 0.25) is 10.2 Å². The van der Waals surface area contributed by atoms with Gasteiger partial charge in [-0.1, -0.05) is 35.3 Å². The van der Waals surface area contributed by atoms with Crippen LogP contribution in [0.5, 0.6) is 0 Å². The highest BCUT2D eigenvalue weighted by Gasteiger charge is 2.22. The second-order valence-electron chi connectivity index (χ2n) is 6.79. The van der Waals surface area contributed by atoms with Gasteiger partial charge >= 0.3 is 0 Å². The molecule has 2 aromatic heterocycles. The molecule has 0 spiro atoms. The van der Waals surface area contributed by atoms with Crippen molar-refractivity contribution >= 4 is 29.1 Å².